The van der Waals surface area contributed by atoms with Crippen LogP contribution in [0.1, 0.15) is 16.2 Å². The summed E-state index contributed by atoms with van der Waals surface area (Å²) in [7, 11) is 2.86. The Morgan fingerprint density at radius 2 is 1.89 bits per heavy atom. The van der Waals surface area contributed by atoms with Crippen molar-refractivity contribution in [2.24, 2.45) is 0 Å². The Labute approximate surface area is 203 Å². The smallest absolute Gasteiger partial charge is 0.433 e. The highest BCUT2D eigenvalue weighted by Gasteiger charge is 2.37. The number of ether oxygens (including phenoxy) is 3. The van der Waals surface area contributed by atoms with Gasteiger partial charge in [0.15, 0.2) is 28.5 Å². The molecule has 1 aromatic carbocycles. The normalized spacial score (nSPS) is 14.8. The lowest BCUT2D eigenvalue weighted by molar-refractivity contribution is -0.142. The van der Waals surface area contributed by atoms with Crippen LogP contribution < -0.4 is 14.8 Å². The molecule has 35 heavy (non-hydrogen) atoms. The first-order valence-electron chi connectivity index (χ1n) is 10.7. The highest BCUT2D eigenvalue weighted by Crippen LogP contribution is 2.37. The van der Waals surface area contributed by atoms with Gasteiger partial charge < -0.3 is 19.5 Å². The molecule has 1 fully saturated rings. The maximum absolute atomic E-state index is 13.9. The number of halogens is 4. The van der Waals surface area contributed by atoms with E-state index in [2.05, 4.69) is 20.3 Å². The molecule has 1 aliphatic rings. The molecule has 0 atom stereocenters. The average Bonchev–Trinajstić information content (AvgIpc) is 3.19. The second kappa shape index (κ2) is 10.3. The number of aromatic nitrogens is 3. The molecule has 3 heterocycles. The molecule has 0 radical (unpaired) electrons. The zero-order valence-electron chi connectivity index (χ0n) is 19.0. The molecule has 3 aromatic rings. The summed E-state index contributed by atoms with van der Waals surface area (Å²) >= 11 is 6.32. The molecule has 0 aliphatic carbocycles. The first kappa shape index (κ1) is 25.0. The van der Waals surface area contributed by atoms with Crippen LogP contribution in [0, 0.1) is 0 Å². The molecule has 2 aromatic heterocycles. The first-order chi connectivity index (χ1) is 16.7. The monoisotopic (exact) mass is 513 g/mol. The molecule has 0 spiro atoms. The van der Waals surface area contributed by atoms with Crippen LogP contribution in [0.4, 0.5) is 13.2 Å². The highest BCUT2D eigenvalue weighted by atomic mass is 35.5. The van der Waals surface area contributed by atoms with Crippen molar-refractivity contribution in [2.45, 2.75) is 6.18 Å². The van der Waals surface area contributed by atoms with E-state index in [1.54, 1.807) is 12.1 Å². The predicted octanol–water partition coefficient (Wildman–Crippen LogP) is 3.15. The van der Waals surface area contributed by atoms with Crippen LogP contribution in [0.25, 0.3) is 16.9 Å². The number of amides is 1. The lowest BCUT2D eigenvalue weighted by Crippen LogP contribution is -2.41. The number of nitrogens with one attached hydrogen (secondary N) is 1. The maximum Gasteiger partial charge on any atom is 0.433 e. The molecule has 0 unspecified atom stereocenters. The fourth-order valence-corrected chi connectivity index (χ4v) is 3.96. The van der Waals surface area contributed by atoms with Crippen LogP contribution in [-0.4, -0.2) is 79.0 Å². The zero-order chi connectivity index (χ0) is 25.2. The molecule has 1 N–H and O–H groups in total. The van der Waals surface area contributed by atoms with Crippen LogP contribution in [0.2, 0.25) is 5.02 Å². The van der Waals surface area contributed by atoms with E-state index in [9.17, 15) is 18.0 Å². The number of benzene rings is 1. The Kier molecular flexibility index (Phi) is 7.33. The number of carbonyl (C=O) groups is 1. The molecule has 0 bridgehead atoms. The van der Waals surface area contributed by atoms with Gasteiger partial charge >= 0.3 is 6.18 Å². The van der Waals surface area contributed by atoms with Crippen molar-refractivity contribution in [3.05, 3.63) is 40.7 Å². The number of carbonyl (C=O) groups excluding carboxylic acids is 1. The van der Waals surface area contributed by atoms with Crippen LogP contribution in [0.5, 0.6) is 11.5 Å². The minimum absolute atomic E-state index is 0.0214. The Morgan fingerprint density at radius 1 is 1.17 bits per heavy atom. The third-order valence-electron chi connectivity index (χ3n) is 5.53. The minimum atomic E-state index is -4.79. The molecule has 1 aliphatic heterocycles. The van der Waals surface area contributed by atoms with Gasteiger partial charge in [-0.3, -0.25) is 9.69 Å². The van der Waals surface area contributed by atoms with Crippen molar-refractivity contribution in [3.8, 4) is 22.8 Å². The summed E-state index contributed by atoms with van der Waals surface area (Å²) < 4.78 is 58.1. The second-order valence-electron chi connectivity index (χ2n) is 7.70. The molecule has 1 saturated heterocycles. The van der Waals surface area contributed by atoms with Crippen molar-refractivity contribution in [1.29, 1.82) is 0 Å². The molecule has 188 valence electrons. The van der Waals surface area contributed by atoms with E-state index >= 15 is 0 Å². The van der Waals surface area contributed by atoms with E-state index < -0.39 is 17.8 Å². The summed E-state index contributed by atoms with van der Waals surface area (Å²) in [6.07, 6.45) is -4.79. The third kappa shape index (κ3) is 5.29. The van der Waals surface area contributed by atoms with E-state index in [0.29, 0.717) is 41.3 Å². The van der Waals surface area contributed by atoms with Gasteiger partial charge in [-0.1, -0.05) is 11.6 Å². The molecule has 4 rings (SSSR count). The Bertz CT molecular complexity index is 1230. The van der Waals surface area contributed by atoms with E-state index in [1.807, 2.05) is 0 Å². The lowest BCUT2D eigenvalue weighted by atomic mass is 10.1. The van der Waals surface area contributed by atoms with Gasteiger partial charge in [-0.25, -0.2) is 9.50 Å². The number of nitrogens with zero attached hydrogens (tertiary/aromatic N) is 4. The number of rotatable bonds is 7. The topological polar surface area (TPSA) is 90.2 Å². The summed E-state index contributed by atoms with van der Waals surface area (Å²) in [6.45, 7) is 3.54. The molecular weight excluding hydrogens is 491 g/mol. The highest BCUT2D eigenvalue weighted by molar-refractivity contribution is 6.36. The van der Waals surface area contributed by atoms with Gasteiger partial charge in [0.2, 0.25) is 0 Å². The quantitative estimate of drug-likeness (QED) is 0.519. The fourth-order valence-electron chi connectivity index (χ4n) is 3.72. The van der Waals surface area contributed by atoms with Crippen molar-refractivity contribution < 1.29 is 32.2 Å². The van der Waals surface area contributed by atoms with Crippen molar-refractivity contribution in [3.63, 3.8) is 0 Å². The number of methoxy groups -OCH3 is 2. The molecule has 0 saturated carbocycles. The van der Waals surface area contributed by atoms with Crippen molar-refractivity contribution in [2.75, 3.05) is 53.6 Å². The number of morpholine rings is 1. The van der Waals surface area contributed by atoms with Crippen molar-refractivity contribution >= 4 is 23.2 Å². The molecule has 1 amide bonds. The number of hydrogen-bond donors (Lipinski definition) is 1. The standard InChI is InChI=1S/C22H23ClF3N5O4/c1-33-15-4-3-13(11-16(15)34-2)14-12-17(22(24,25)26)31-20(28-14)18(23)19(29-31)21(32)27-5-6-30-7-9-35-10-8-30/h3-4,11-12H,5-10H2,1-2H3,(H,27,32). The van der Waals surface area contributed by atoms with Gasteiger partial charge in [0.25, 0.3) is 5.91 Å². The van der Waals surface area contributed by atoms with Crippen LogP contribution in [0.3, 0.4) is 0 Å². The van der Waals surface area contributed by atoms with Gasteiger partial charge in [0, 0.05) is 31.7 Å². The second-order valence-corrected chi connectivity index (χ2v) is 8.08. The Morgan fingerprint density at radius 3 is 2.54 bits per heavy atom. The lowest BCUT2D eigenvalue weighted by Gasteiger charge is -2.26. The zero-order valence-corrected chi connectivity index (χ0v) is 19.7. The number of alkyl halides is 3. The van der Waals surface area contributed by atoms with Crippen LogP contribution in [-0.2, 0) is 10.9 Å². The number of hydrogen-bond acceptors (Lipinski definition) is 7. The van der Waals surface area contributed by atoms with Gasteiger partial charge in [-0.05, 0) is 24.3 Å². The van der Waals surface area contributed by atoms with Gasteiger partial charge in [-0.15, -0.1) is 0 Å². The fraction of sp³-hybridized carbons (Fsp3) is 0.409. The molecule has 13 heteroatoms. The van der Waals surface area contributed by atoms with Gasteiger partial charge in [0.05, 0.1) is 33.1 Å². The predicted molar refractivity (Wildman–Crippen MR) is 121 cm³/mol. The molecule has 9 nitrogen and oxygen atoms in total. The van der Waals surface area contributed by atoms with Gasteiger partial charge in [-0.2, -0.15) is 18.3 Å². The Balaban J connectivity index is 1.68. The summed E-state index contributed by atoms with van der Waals surface area (Å²) in [4.78, 5) is 19.1. The minimum Gasteiger partial charge on any atom is -0.493 e. The Hall–Kier alpha value is -3.09. The van der Waals surface area contributed by atoms with Crippen molar-refractivity contribution in [1.82, 2.24) is 24.8 Å². The number of fused-ring (bicyclic) bond motifs is 1. The van der Waals surface area contributed by atoms with Crippen LogP contribution in [0.15, 0.2) is 24.3 Å². The summed E-state index contributed by atoms with van der Waals surface area (Å²) in [5, 5.41) is 6.23. The SMILES string of the molecule is COc1ccc(-c2cc(C(F)(F)F)n3nc(C(=O)NCCN4CCOCC4)c(Cl)c3n2)cc1OC. The maximum atomic E-state index is 13.9. The summed E-state index contributed by atoms with van der Waals surface area (Å²) in [5.74, 6) is 0.0431. The first-order valence-corrected chi connectivity index (χ1v) is 11.1. The van der Waals surface area contributed by atoms with E-state index in [4.69, 9.17) is 25.8 Å². The van der Waals surface area contributed by atoms with E-state index in [0.717, 1.165) is 19.2 Å². The largest absolute Gasteiger partial charge is 0.493 e. The van der Waals surface area contributed by atoms with E-state index in [-0.39, 0.29) is 28.6 Å². The van der Waals surface area contributed by atoms with E-state index in [1.165, 1.54) is 20.3 Å². The summed E-state index contributed by atoms with van der Waals surface area (Å²) in [6, 6.07) is 5.45. The molecular formula is C22H23ClF3N5O4. The van der Waals surface area contributed by atoms with Crippen LogP contribution >= 0.6 is 11.6 Å². The van der Waals surface area contributed by atoms with Gasteiger partial charge in [0.1, 0.15) is 5.02 Å². The summed E-state index contributed by atoms with van der Waals surface area (Å²) in [5.41, 5.74) is -1.43. The third-order valence-corrected chi connectivity index (χ3v) is 5.88. The average molecular weight is 514 g/mol.